The number of nitrogens with two attached hydrogens (primary N) is 1. The van der Waals surface area contributed by atoms with Crippen molar-refractivity contribution < 1.29 is 13.5 Å². The molecular formula is C23H18F2N6OS. The van der Waals surface area contributed by atoms with Gasteiger partial charge in [-0.05, 0) is 23.5 Å². The van der Waals surface area contributed by atoms with Crippen LogP contribution in [0, 0.1) is 28.9 Å². The van der Waals surface area contributed by atoms with E-state index in [9.17, 15) is 9.65 Å². The molecule has 0 saturated carbocycles. The molecule has 1 atom stereocenters. The zero-order valence-corrected chi connectivity index (χ0v) is 18.5. The van der Waals surface area contributed by atoms with E-state index in [0.29, 0.717) is 22.8 Å². The Kier molecular flexibility index (Phi) is 4.47. The zero-order chi connectivity index (χ0) is 22.9. The fraction of sp³-hybridized carbons (Fsp3) is 0.304. The molecule has 7 nitrogen and oxygen atoms in total. The lowest BCUT2D eigenvalue weighted by molar-refractivity contribution is 0.135. The van der Waals surface area contributed by atoms with Gasteiger partial charge in [-0.25, -0.2) is 18.7 Å². The molecule has 0 amide bonds. The second kappa shape index (κ2) is 7.30. The molecule has 0 bridgehead atoms. The van der Waals surface area contributed by atoms with Crippen LogP contribution >= 0.6 is 11.3 Å². The lowest BCUT2D eigenvalue weighted by Crippen LogP contribution is -2.21. The van der Waals surface area contributed by atoms with E-state index >= 15 is 4.39 Å². The Morgan fingerprint density at radius 3 is 2.82 bits per heavy atom. The normalized spacial score (nSPS) is 17.8. The predicted octanol–water partition coefficient (Wildman–Crippen LogP) is 4.51. The summed E-state index contributed by atoms with van der Waals surface area (Å²) in [7, 11) is 0. The van der Waals surface area contributed by atoms with Crippen LogP contribution in [-0.4, -0.2) is 28.0 Å². The van der Waals surface area contributed by atoms with E-state index in [1.807, 2.05) is 6.07 Å². The van der Waals surface area contributed by atoms with Crippen molar-refractivity contribution >= 4 is 43.3 Å². The van der Waals surface area contributed by atoms with Crippen molar-refractivity contribution in [3.63, 3.8) is 0 Å². The van der Waals surface area contributed by atoms with Crippen LogP contribution in [0.1, 0.15) is 30.0 Å². The molecule has 1 aromatic carbocycles. The summed E-state index contributed by atoms with van der Waals surface area (Å²) in [6.45, 7) is 4.24. The van der Waals surface area contributed by atoms with Gasteiger partial charge in [0, 0.05) is 35.6 Å². The third kappa shape index (κ3) is 2.89. The predicted molar refractivity (Wildman–Crippen MR) is 122 cm³/mol. The van der Waals surface area contributed by atoms with Crippen LogP contribution in [0.5, 0.6) is 0 Å². The molecule has 6 rings (SSSR count). The lowest BCUT2D eigenvalue weighted by atomic mass is 9.94. The Morgan fingerprint density at radius 1 is 1.24 bits per heavy atom. The first-order valence-corrected chi connectivity index (χ1v) is 11.4. The first-order chi connectivity index (χ1) is 16.0. The summed E-state index contributed by atoms with van der Waals surface area (Å²) in [4.78, 5) is 15.4. The van der Waals surface area contributed by atoms with Gasteiger partial charge < -0.3 is 15.4 Å². The Balaban J connectivity index is 1.67. The quantitative estimate of drug-likeness (QED) is 0.466. The molecule has 33 heavy (non-hydrogen) atoms. The van der Waals surface area contributed by atoms with Crippen molar-refractivity contribution in [1.82, 2.24) is 15.0 Å². The molecule has 3 aromatic heterocycles. The van der Waals surface area contributed by atoms with E-state index in [2.05, 4.69) is 26.8 Å². The van der Waals surface area contributed by atoms with E-state index in [1.54, 1.807) is 6.20 Å². The first-order valence-electron chi connectivity index (χ1n) is 10.6. The topological polar surface area (TPSA) is 101 Å². The number of benzene rings is 1. The van der Waals surface area contributed by atoms with Crippen LogP contribution in [0.15, 0.2) is 12.4 Å². The maximum absolute atomic E-state index is 16.2. The number of hydrogen-bond donors (Lipinski definition) is 1. The van der Waals surface area contributed by atoms with Crippen molar-refractivity contribution in [3.05, 3.63) is 40.7 Å². The highest BCUT2D eigenvalue weighted by molar-refractivity contribution is 7.23. The number of aromatic nitrogens is 3. The minimum atomic E-state index is -0.603. The number of anilines is 2. The maximum atomic E-state index is 16.2. The summed E-state index contributed by atoms with van der Waals surface area (Å²) in [6.07, 6.45) is 3.72. The molecule has 0 aliphatic carbocycles. The third-order valence-corrected chi connectivity index (χ3v) is 7.47. The number of pyridine rings is 1. The summed E-state index contributed by atoms with van der Waals surface area (Å²) in [6, 6.07) is 2.02. The molecule has 166 valence electrons. The first kappa shape index (κ1) is 20.2. The minimum Gasteiger partial charge on any atom is -0.389 e. The van der Waals surface area contributed by atoms with Gasteiger partial charge in [0.25, 0.3) is 0 Å². The number of halogens is 2. The van der Waals surface area contributed by atoms with Crippen LogP contribution < -0.4 is 10.6 Å². The average Bonchev–Trinajstić information content (AvgIpc) is 3.53. The summed E-state index contributed by atoms with van der Waals surface area (Å²) in [5.74, 6) is -0.193. The number of ether oxygens (including phenoxy) is 1. The van der Waals surface area contributed by atoms with Crippen LogP contribution in [0.25, 0.3) is 32.2 Å². The van der Waals surface area contributed by atoms with Crippen molar-refractivity contribution in [2.45, 2.75) is 26.6 Å². The van der Waals surface area contributed by atoms with Gasteiger partial charge in [-0.3, -0.25) is 4.98 Å². The number of thiophene rings is 1. The van der Waals surface area contributed by atoms with Gasteiger partial charge in [-0.15, -0.1) is 11.3 Å². The van der Waals surface area contributed by atoms with Crippen molar-refractivity contribution in [2.75, 3.05) is 23.7 Å². The van der Waals surface area contributed by atoms with Crippen molar-refractivity contribution in [3.8, 4) is 17.3 Å². The van der Waals surface area contributed by atoms with E-state index in [-0.39, 0.29) is 50.6 Å². The van der Waals surface area contributed by atoms with Gasteiger partial charge in [-0.1, -0.05) is 6.92 Å². The van der Waals surface area contributed by atoms with Crippen molar-refractivity contribution in [2.24, 2.45) is 5.92 Å². The standard InChI is InChI=1S/C23H18F2N6OS/c1-10-2-3-31(7-10)23-29-5-12-13-8-32-9-14(13)16(18(25)19(12)30-23)20-17-11(4-26)22(27)33-21(17)15(24)6-28-20/h5-6,10H,2-3,7-9,27H2,1H3. The highest BCUT2D eigenvalue weighted by atomic mass is 32.1. The Morgan fingerprint density at radius 2 is 2.06 bits per heavy atom. The molecule has 1 unspecified atom stereocenters. The van der Waals surface area contributed by atoms with Gasteiger partial charge in [0.1, 0.15) is 16.6 Å². The highest BCUT2D eigenvalue weighted by Crippen LogP contribution is 2.45. The summed E-state index contributed by atoms with van der Waals surface area (Å²) >= 11 is 0.955. The van der Waals surface area contributed by atoms with Gasteiger partial charge >= 0.3 is 0 Å². The number of nitrogen functional groups attached to an aromatic ring is 1. The SMILES string of the molecule is CC1CCN(c2ncc3c4c(c(-c5ncc(F)c6sc(N)c(C#N)c56)c(F)c3n2)COC4)C1. The molecule has 0 spiro atoms. The molecule has 0 radical (unpaired) electrons. The highest BCUT2D eigenvalue weighted by Gasteiger charge is 2.30. The Hall–Kier alpha value is -3.42. The molecule has 1 fully saturated rings. The largest absolute Gasteiger partial charge is 0.389 e. The smallest absolute Gasteiger partial charge is 0.225 e. The number of nitriles is 1. The number of rotatable bonds is 2. The third-order valence-electron chi connectivity index (χ3n) is 6.44. The summed E-state index contributed by atoms with van der Waals surface area (Å²) < 4.78 is 36.6. The van der Waals surface area contributed by atoms with Crippen LogP contribution in [-0.2, 0) is 18.0 Å². The number of fused-ring (bicyclic) bond motifs is 4. The number of nitrogens with zero attached hydrogens (tertiary/aromatic N) is 5. The monoisotopic (exact) mass is 464 g/mol. The van der Waals surface area contributed by atoms with E-state index in [1.165, 1.54) is 0 Å². The summed E-state index contributed by atoms with van der Waals surface area (Å²) in [5, 5.41) is 10.6. The Bertz CT molecular complexity index is 1510. The fourth-order valence-corrected chi connectivity index (χ4v) is 5.73. The van der Waals surface area contributed by atoms with E-state index in [4.69, 9.17) is 10.5 Å². The zero-order valence-electron chi connectivity index (χ0n) is 17.7. The molecule has 2 N–H and O–H groups in total. The van der Waals surface area contributed by atoms with Gasteiger partial charge in [-0.2, -0.15) is 5.26 Å². The second-order valence-corrected chi connectivity index (χ2v) is 9.58. The molecule has 4 aromatic rings. The minimum absolute atomic E-state index is 0.0959. The van der Waals surface area contributed by atoms with Gasteiger partial charge in [0.05, 0.1) is 35.4 Å². The van der Waals surface area contributed by atoms with Crippen molar-refractivity contribution in [1.29, 1.82) is 5.26 Å². The van der Waals surface area contributed by atoms with Gasteiger partial charge in [0.2, 0.25) is 5.95 Å². The molecular weight excluding hydrogens is 446 g/mol. The molecule has 10 heteroatoms. The van der Waals surface area contributed by atoms with Gasteiger partial charge in [0.15, 0.2) is 11.6 Å². The molecule has 2 aliphatic rings. The average molecular weight is 465 g/mol. The van der Waals surface area contributed by atoms with E-state index in [0.717, 1.165) is 42.6 Å². The molecule has 5 heterocycles. The lowest BCUT2D eigenvalue weighted by Gasteiger charge is -2.18. The Labute approximate surface area is 191 Å². The van der Waals surface area contributed by atoms with E-state index < -0.39 is 11.6 Å². The molecule has 2 aliphatic heterocycles. The summed E-state index contributed by atoms with van der Waals surface area (Å²) in [5.41, 5.74) is 7.98. The second-order valence-electron chi connectivity index (χ2n) is 8.52. The maximum Gasteiger partial charge on any atom is 0.225 e. The van der Waals surface area contributed by atoms with Crippen LogP contribution in [0.4, 0.5) is 19.7 Å². The molecule has 1 saturated heterocycles. The number of hydrogen-bond acceptors (Lipinski definition) is 8. The van der Waals surface area contributed by atoms with Crippen LogP contribution in [0.3, 0.4) is 0 Å². The van der Waals surface area contributed by atoms with Crippen LogP contribution in [0.2, 0.25) is 0 Å². The fourth-order valence-electron chi connectivity index (χ4n) is 4.81.